The van der Waals surface area contributed by atoms with Crippen LogP contribution in [-0.2, 0) is 11.3 Å². The Bertz CT molecular complexity index is 760. The molecule has 2 heterocycles. The van der Waals surface area contributed by atoms with E-state index >= 15 is 0 Å². The first kappa shape index (κ1) is 15.1. The fourth-order valence-electron chi connectivity index (χ4n) is 2.19. The molecule has 1 aliphatic heterocycles. The van der Waals surface area contributed by atoms with Crippen molar-refractivity contribution in [3.63, 3.8) is 0 Å². The number of aliphatic hydroxyl groups excluding tert-OH is 1. The number of furan rings is 1. The second-order valence-corrected chi connectivity index (χ2v) is 4.91. The fourth-order valence-corrected chi connectivity index (χ4v) is 2.19. The molecule has 0 bridgehead atoms. The lowest BCUT2D eigenvalue weighted by atomic mass is 10.1. The zero-order chi connectivity index (χ0) is 16.4. The van der Waals surface area contributed by atoms with Gasteiger partial charge in [-0.1, -0.05) is 0 Å². The number of aryl methyl sites for hydroxylation is 1. The molecule has 7 nitrogen and oxygen atoms in total. The molecule has 120 valence electrons. The Morgan fingerprint density at radius 1 is 1.22 bits per heavy atom. The molecule has 1 N–H and O–H groups in total. The highest BCUT2D eigenvalue weighted by Crippen LogP contribution is 2.32. The van der Waals surface area contributed by atoms with Gasteiger partial charge in [-0.15, -0.1) is 0 Å². The van der Waals surface area contributed by atoms with Gasteiger partial charge in [-0.25, -0.2) is 4.79 Å². The van der Waals surface area contributed by atoms with Crippen LogP contribution in [0, 0.1) is 6.92 Å². The summed E-state index contributed by atoms with van der Waals surface area (Å²) in [6.07, 6.45) is 0. The Labute approximate surface area is 131 Å². The topological polar surface area (TPSA) is 95.2 Å². The van der Waals surface area contributed by atoms with E-state index in [0.29, 0.717) is 22.8 Å². The number of carbonyl (C=O) groups excluding carboxylic acids is 2. The first-order valence-corrected chi connectivity index (χ1v) is 6.88. The van der Waals surface area contributed by atoms with Crippen LogP contribution in [0.4, 0.5) is 0 Å². The fraction of sp³-hybridized carbons (Fsp3) is 0.250. The summed E-state index contributed by atoms with van der Waals surface area (Å²) in [5.41, 5.74) is 0.551. The van der Waals surface area contributed by atoms with Gasteiger partial charge in [0.15, 0.2) is 23.9 Å². The van der Waals surface area contributed by atoms with Crippen LogP contribution in [0.5, 0.6) is 11.5 Å². The molecule has 0 spiro atoms. The van der Waals surface area contributed by atoms with Crippen LogP contribution in [0.1, 0.15) is 32.2 Å². The number of fused-ring (bicyclic) bond motifs is 1. The average Bonchev–Trinajstić information content (AvgIpc) is 3.17. The first-order chi connectivity index (χ1) is 11.1. The summed E-state index contributed by atoms with van der Waals surface area (Å²) < 4.78 is 20.5. The van der Waals surface area contributed by atoms with Gasteiger partial charge >= 0.3 is 5.97 Å². The van der Waals surface area contributed by atoms with Crippen LogP contribution < -0.4 is 9.47 Å². The van der Waals surface area contributed by atoms with E-state index in [1.807, 2.05) is 0 Å². The zero-order valence-electron chi connectivity index (χ0n) is 12.3. The van der Waals surface area contributed by atoms with Gasteiger partial charge in [-0.05, 0) is 31.2 Å². The third kappa shape index (κ3) is 3.04. The van der Waals surface area contributed by atoms with E-state index < -0.39 is 12.6 Å². The van der Waals surface area contributed by atoms with Gasteiger partial charge in [-0.2, -0.15) is 0 Å². The van der Waals surface area contributed by atoms with Crippen LogP contribution in [0.2, 0.25) is 0 Å². The normalized spacial score (nSPS) is 12.3. The molecule has 2 aromatic rings. The molecule has 0 fully saturated rings. The van der Waals surface area contributed by atoms with Crippen molar-refractivity contribution < 1.29 is 33.3 Å². The minimum Gasteiger partial charge on any atom is -0.463 e. The van der Waals surface area contributed by atoms with Crippen molar-refractivity contribution in [2.75, 3.05) is 13.4 Å². The molecule has 1 aliphatic rings. The van der Waals surface area contributed by atoms with Crippen LogP contribution >= 0.6 is 0 Å². The van der Waals surface area contributed by atoms with E-state index in [1.165, 1.54) is 6.07 Å². The summed E-state index contributed by atoms with van der Waals surface area (Å²) in [5.74, 6) is 0.607. The minimum absolute atomic E-state index is 0.120. The first-order valence-electron chi connectivity index (χ1n) is 6.88. The second-order valence-electron chi connectivity index (χ2n) is 4.91. The van der Waals surface area contributed by atoms with Crippen molar-refractivity contribution in [1.82, 2.24) is 0 Å². The van der Waals surface area contributed by atoms with Crippen molar-refractivity contribution in [2.24, 2.45) is 0 Å². The van der Waals surface area contributed by atoms with Gasteiger partial charge in [0.1, 0.15) is 23.7 Å². The van der Waals surface area contributed by atoms with Gasteiger partial charge in [-0.3, -0.25) is 4.79 Å². The Kier molecular flexibility index (Phi) is 4.03. The quantitative estimate of drug-likeness (QED) is 0.664. The predicted octanol–water partition coefficient (Wildman–Crippen LogP) is 1.85. The summed E-state index contributed by atoms with van der Waals surface area (Å²) in [7, 11) is 0. The van der Waals surface area contributed by atoms with Gasteiger partial charge in [0, 0.05) is 5.56 Å². The van der Waals surface area contributed by atoms with E-state index in [0.717, 1.165) is 0 Å². The highest BCUT2D eigenvalue weighted by Gasteiger charge is 2.20. The van der Waals surface area contributed by atoms with Crippen molar-refractivity contribution in [3.05, 3.63) is 46.9 Å². The summed E-state index contributed by atoms with van der Waals surface area (Å²) in [6.45, 7) is 0.978. The number of rotatable bonds is 5. The maximum atomic E-state index is 12.1. The number of benzene rings is 1. The summed E-state index contributed by atoms with van der Waals surface area (Å²) >= 11 is 0. The molecule has 1 aromatic carbocycles. The number of ketones is 1. The highest BCUT2D eigenvalue weighted by atomic mass is 16.7. The van der Waals surface area contributed by atoms with Crippen molar-refractivity contribution >= 4 is 11.8 Å². The van der Waals surface area contributed by atoms with Gasteiger partial charge in [0.05, 0.1) is 0 Å². The van der Waals surface area contributed by atoms with E-state index in [-0.39, 0.29) is 30.5 Å². The number of carbonyl (C=O) groups is 2. The Balaban J connectivity index is 1.64. The SMILES string of the molecule is Cc1oc(CO)cc1C(=O)OCC(=O)c1ccc2c(c1)OCO2. The number of hydrogen-bond donors (Lipinski definition) is 1. The molecular formula is C16H14O7. The number of aliphatic hydroxyl groups is 1. The predicted molar refractivity (Wildman–Crippen MR) is 76.5 cm³/mol. The molecule has 0 atom stereocenters. The molecule has 7 heteroatoms. The summed E-state index contributed by atoms with van der Waals surface area (Å²) in [6, 6.07) is 6.15. The number of ether oxygens (including phenoxy) is 3. The van der Waals surface area contributed by atoms with E-state index in [2.05, 4.69) is 0 Å². The zero-order valence-corrected chi connectivity index (χ0v) is 12.3. The molecule has 23 heavy (non-hydrogen) atoms. The van der Waals surface area contributed by atoms with E-state index in [1.54, 1.807) is 25.1 Å². The van der Waals surface area contributed by atoms with Crippen molar-refractivity contribution in [2.45, 2.75) is 13.5 Å². The van der Waals surface area contributed by atoms with E-state index in [9.17, 15) is 9.59 Å². The molecular weight excluding hydrogens is 304 g/mol. The van der Waals surface area contributed by atoms with Gasteiger partial charge in [0.25, 0.3) is 0 Å². The maximum Gasteiger partial charge on any atom is 0.342 e. The van der Waals surface area contributed by atoms with Crippen LogP contribution in [0.3, 0.4) is 0 Å². The maximum absolute atomic E-state index is 12.1. The summed E-state index contributed by atoms with van der Waals surface area (Å²) in [5, 5.41) is 8.98. The number of hydrogen-bond acceptors (Lipinski definition) is 7. The lowest BCUT2D eigenvalue weighted by Gasteiger charge is -2.04. The summed E-state index contributed by atoms with van der Waals surface area (Å²) in [4.78, 5) is 24.0. The Hall–Kier alpha value is -2.80. The molecule has 3 rings (SSSR count). The average molecular weight is 318 g/mol. The molecule has 0 radical (unpaired) electrons. The van der Waals surface area contributed by atoms with Crippen LogP contribution in [-0.4, -0.2) is 30.3 Å². The standard InChI is InChI=1S/C16H14O7/c1-9-12(5-11(6-17)23-9)16(19)20-7-13(18)10-2-3-14-15(4-10)22-8-21-14/h2-5,17H,6-8H2,1H3. The molecule has 0 amide bonds. The molecule has 0 saturated carbocycles. The lowest BCUT2D eigenvalue weighted by Crippen LogP contribution is -2.14. The second kappa shape index (κ2) is 6.13. The molecule has 1 aromatic heterocycles. The van der Waals surface area contributed by atoms with Crippen LogP contribution in [0.25, 0.3) is 0 Å². The van der Waals surface area contributed by atoms with Crippen LogP contribution in [0.15, 0.2) is 28.7 Å². The lowest BCUT2D eigenvalue weighted by molar-refractivity contribution is 0.0473. The Morgan fingerprint density at radius 2 is 2.00 bits per heavy atom. The largest absolute Gasteiger partial charge is 0.463 e. The molecule has 0 saturated heterocycles. The highest BCUT2D eigenvalue weighted by molar-refractivity contribution is 6.00. The monoisotopic (exact) mass is 318 g/mol. The third-order valence-corrected chi connectivity index (χ3v) is 3.37. The van der Waals surface area contributed by atoms with Crippen molar-refractivity contribution in [3.8, 4) is 11.5 Å². The molecule has 0 unspecified atom stereocenters. The minimum atomic E-state index is -0.681. The van der Waals surface area contributed by atoms with Crippen molar-refractivity contribution in [1.29, 1.82) is 0 Å². The van der Waals surface area contributed by atoms with Gasteiger partial charge in [0.2, 0.25) is 6.79 Å². The van der Waals surface area contributed by atoms with E-state index in [4.69, 9.17) is 23.7 Å². The molecule has 0 aliphatic carbocycles. The Morgan fingerprint density at radius 3 is 2.74 bits per heavy atom. The number of Topliss-reactive ketones (excluding diaryl/α,β-unsaturated/α-hetero) is 1. The smallest absolute Gasteiger partial charge is 0.342 e. The third-order valence-electron chi connectivity index (χ3n) is 3.37. The van der Waals surface area contributed by atoms with Gasteiger partial charge < -0.3 is 23.7 Å². The number of esters is 1.